The van der Waals surface area contributed by atoms with Gasteiger partial charge in [0.25, 0.3) is 5.91 Å². The van der Waals surface area contributed by atoms with Crippen LogP contribution in [0.5, 0.6) is 11.5 Å². The van der Waals surface area contributed by atoms with Gasteiger partial charge in [0.1, 0.15) is 5.75 Å². The number of hydrazone groups is 1. The molecule has 0 aromatic heterocycles. The molecule has 0 aliphatic heterocycles. The Morgan fingerprint density at radius 1 is 1.36 bits per heavy atom. The molecule has 2 rings (SSSR count). The van der Waals surface area contributed by atoms with Crippen molar-refractivity contribution in [1.82, 2.24) is 5.43 Å². The Balaban J connectivity index is 1.91. The van der Waals surface area contributed by atoms with E-state index >= 15 is 0 Å². The number of carbonyl (C=O) groups excluding carboxylic acids is 1. The Morgan fingerprint density at radius 2 is 2.16 bits per heavy atom. The molecule has 0 spiro atoms. The number of nitro benzene ring substituents is 1. The third-order valence-corrected chi connectivity index (χ3v) is 3.20. The first-order chi connectivity index (χ1) is 12.0. The lowest BCUT2D eigenvalue weighted by atomic mass is 10.2. The molecule has 0 atom stereocenters. The molecule has 0 bridgehead atoms. The van der Waals surface area contributed by atoms with E-state index in [1.165, 1.54) is 25.5 Å². The van der Waals surface area contributed by atoms with E-state index in [0.29, 0.717) is 16.3 Å². The van der Waals surface area contributed by atoms with Crippen molar-refractivity contribution in [2.24, 2.45) is 5.10 Å². The van der Waals surface area contributed by atoms with Gasteiger partial charge in [-0.1, -0.05) is 17.7 Å². The fourth-order valence-corrected chi connectivity index (χ4v) is 2.03. The maximum Gasteiger partial charge on any atom is 0.311 e. The number of nitrogens with zero attached hydrogens (tertiary/aromatic N) is 2. The molecule has 1 amide bonds. The van der Waals surface area contributed by atoms with Crippen molar-refractivity contribution in [2.75, 3.05) is 13.7 Å². The van der Waals surface area contributed by atoms with E-state index < -0.39 is 10.8 Å². The number of nitrogens with one attached hydrogen (secondary N) is 1. The van der Waals surface area contributed by atoms with Crippen LogP contribution in [0.1, 0.15) is 5.56 Å². The first-order valence-electron chi connectivity index (χ1n) is 7.02. The van der Waals surface area contributed by atoms with Crippen molar-refractivity contribution >= 4 is 29.4 Å². The molecule has 0 unspecified atom stereocenters. The lowest BCUT2D eigenvalue weighted by molar-refractivity contribution is -0.385. The van der Waals surface area contributed by atoms with Crippen LogP contribution in [-0.2, 0) is 4.79 Å². The fraction of sp³-hybridized carbons (Fsp3) is 0.125. The second-order valence-corrected chi connectivity index (χ2v) is 5.16. The summed E-state index contributed by atoms with van der Waals surface area (Å²) >= 11 is 5.81. The largest absolute Gasteiger partial charge is 0.490 e. The Morgan fingerprint density at radius 3 is 2.84 bits per heavy atom. The predicted molar refractivity (Wildman–Crippen MR) is 92.3 cm³/mol. The van der Waals surface area contributed by atoms with E-state index in [0.717, 1.165) is 0 Å². The van der Waals surface area contributed by atoms with Crippen LogP contribution in [0.3, 0.4) is 0 Å². The van der Waals surface area contributed by atoms with Gasteiger partial charge >= 0.3 is 5.69 Å². The van der Waals surface area contributed by atoms with Crippen LogP contribution in [0.15, 0.2) is 47.6 Å². The Labute approximate surface area is 148 Å². The summed E-state index contributed by atoms with van der Waals surface area (Å²) in [6.45, 7) is -0.250. The molecule has 0 heterocycles. The van der Waals surface area contributed by atoms with Crippen molar-refractivity contribution in [3.05, 3.63) is 63.2 Å². The van der Waals surface area contributed by atoms with Gasteiger partial charge in [-0.05, 0) is 30.3 Å². The molecule has 1 N–H and O–H groups in total. The van der Waals surface area contributed by atoms with Gasteiger partial charge in [0.05, 0.1) is 18.2 Å². The van der Waals surface area contributed by atoms with Crippen molar-refractivity contribution in [1.29, 1.82) is 0 Å². The van der Waals surface area contributed by atoms with Crippen LogP contribution in [0, 0.1) is 10.1 Å². The Bertz CT molecular complexity index is 810. The number of halogens is 1. The van der Waals surface area contributed by atoms with Crippen molar-refractivity contribution in [3.63, 3.8) is 0 Å². The summed E-state index contributed by atoms with van der Waals surface area (Å²) < 4.78 is 10.2. The Hall–Kier alpha value is -3.13. The van der Waals surface area contributed by atoms with E-state index in [-0.39, 0.29) is 18.0 Å². The minimum atomic E-state index is -0.562. The number of nitro groups is 1. The molecular formula is C16H14ClN3O5. The summed E-state index contributed by atoms with van der Waals surface area (Å²) in [4.78, 5) is 22.0. The van der Waals surface area contributed by atoms with Gasteiger partial charge in [0.15, 0.2) is 12.4 Å². The first-order valence-corrected chi connectivity index (χ1v) is 7.40. The third kappa shape index (κ3) is 5.47. The fourth-order valence-electron chi connectivity index (χ4n) is 1.85. The molecule has 130 valence electrons. The molecule has 25 heavy (non-hydrogen) atoms. The minimum absolute atomic E-state index is 0.140. The second kappa shape index (κ2) is 8.65. The molecule has 0 fully saturated rings. The number of hydrogen-bond donors (Lipinski definition) is 1. The number of ether oxygens (including phenoxy) is 2. The predicted octanol–water partition coefficient (Wildman–Crippen LogP) is 2.79. The minimum Gasteiger partial charge on any atom is -0.490 e. The van der Waals surface area contributed by atoms with Crippen LogP contribution >= 0.6 is 11.6 Å². The van der Waals surface area contributed by atoms with Gasteiger partial charge in [0, 0.05) is 16.7 Å². The lowest BCUT2D eigenvalue weighted by Gasteiger charge is -2.05. The van der Waals surface area contributed by atoms with Gasteiger partial charge in [-0.2, -0.15) is 5.10 Å². The van der Waals surface area contributed by atoms with Crippen LogP contribution in [0.2, 0.25) is 5.02 Å². The lowest BCUT2D eigenvalue weighted by Crippen LogP contribution is -2.24. The normalized spacial score (nSPS) is 10.5. The number of rotatable bonds is 7. The SMILES string of the molecule is COc1ccc(/C=N/NC(=O)COc2cccc(Cl)c2)cc1[N+](=O)[O-]. The molecule has 0 saturated carbocycles. The van der Waals surface area contributed by atoms with Gasteiger partial charge in [-0.15, -0.1) is 0 Å². The van der Waals surface area contributed by atoms with E-state index in [4.69, 9.17) is 21.1 Å². The van der Waals surface area contributed by atoms with E-state index in [1.807, 2.05) is 0 Å². The zero-order chi connectivity index (χ0) is 18.2. The smallest absolute Gasteiger partial charge is 0.311 e. The van der Waals surface area contributed by atoms with Crippen LogP contribution in [0.25, 0.3) is 0 Å². The van der Waals surface area contributed by atoms with E-state index in [2.05, 4.69) is 10.5 Å². The van der Waals surface area contributed by atoms with Gasteiger partial charge in [-0.3, -0.25) is 14.9 Å². The average Bonchev–Trinajstić information content (AvgIpc) is 2.60. The van der Waals surface area contributed by atoms with Crippen LogP contribution < -0.4 is 14.9 Å². The molecular weight excluding hydrogens is 350 g/mol. The average molecular weight is 364 g/mol. The number of amides is 1. The highest BCUT2D eigenvalue weighted by Gasteiger charge is 2.14. The number of benzene rings is 2. The third-order valence-electron chi connectivity index (χ3n) is 2.97. The molecule has 9 heteroatoms. The monoisotopic (exact) mass is 363 g/mol. The molecule has 0 saturated heterocycles. The highest BCUT2D eigenvalue weighted by atomic mass is 35.5. The number of carbonyl (C=O) groups is 1. The summed E-state index contributed by atoms with van der Waals surface area (Å²) in [7, 11) is 1.34. The molecule has 0 radical (unpaired) electrons. The zero-order valence-electron chi connectivity index (χ0n) is 13.1. The first kappa shape index (κ1) is 18.2. The molecule has 2 aromatic carbocycles. The zero-order valence-corrected chi connectivity index (χ0v) is 13.9. The highest BCUT2D eigenvalue weighted by molar-refractivity contribution is 6.30. The van der Waals surface area contributed by atoms with E-state index in [1.54, 1.807) is 30.3 Å². The van der Waals surface area contributed by atoms with E-state index in [9.17, 15) is 14.9 Å². The molecule has 0 aliphatic rings. The van der Waals surface area contributed by atoms with Crippen LogP contribution in [0.4, 0.5) is 5.69 Å². The van der Waals surface area contributed by atoms with Crippen molar-refractivity contribution in [3.8, 4) is 11.5 Å². The van der Waals surface area contributed by atoms with Gasteiger partial charge in [-0.25, -0.2) is 5.43 Å². The van der Waals surface area contributed by atoms with Crippen molar-refractivity contribution in [2.45, 2.75) is 0 Å². The second-order valence-electron chi connectivity index (χ2n) is 4.73. The summed E-state index contributed by atoms with van der Waals surface area (Å²) in [6.07, 6.45) is 1.28. The summed E-state index contributed by atoms with van der Waals surface area (Å²) in [5.74, 6) is 0.109. The summed E-state index contributed by atoms with van der Waals surface area (Å²) in [6, 6.07) is 10.9. The molecule has 0 aliphatic carbocycles. The van der Waals surface area contributed by atoms with Gasteiger partial charge < -0.3 is 9.47 Å². The summed E-state index contributed by atoms with van der Waals surface area (Å²) in [5, 5.41) is 15.2. The molecule has 2 aromatic rings. The quantitative estimate of drug-likeness (QED) is 0.463. The highest BCUT2D eigenvalue weighted by Crippen LogP contribution is 2.26. The molecule has 8 nitrogen and oxygen atoms in total. The van der Waals surface area contributed by atoms with Crippen LogP contribution in [-0.4, -0.2) is 30.8 Å². The maximum atomic E-state index is 11.7. The Kier molecular flexibility index (Phi) is 6.30. The van der Waals surface area contributed by atoms with Gasteiger partial charge in [0.2, 0.25) is 0 Å². The summed E-state index contributed by atoms with van der Waals surface area (Å²) in [5.41, 5.74) is 2.51. The van der Waals surface area contributed by atoms with Crippen molar-refractivity contribution < 1.29 is 19.2 Å². The standard InChI is InChI=1S/C16H14ClN3O5/c1-24-15-6-5-11(7-14(15)20(22)23)9-18-19-16(21)10-25-13-4-2-3-12(17)8-13/h2-9H,10H2,1H3,(H,19,21)/b18-9+. The number of methoxy groups -OCH3 is 1. The number of hydrogen-bond acceptors (Lipinski definition) is 6. The topological polar surface area (TPSA) is 103 Å². The maximum absolute atomic E-state index is 11.7.